The molecule has 0 heterocycles. The fraction of sp³-hybridized carbons (Fsp3) is 0.263. The minimum Gasteiger partial charge on any atom is -0.322 e. The Bertz CT molecular complexity index is 1500. The smallest absolute Gasteiger partial charge is 0.255 e. The second-order valence-electron chi connectivity index (χ2n) is 11.3. The molecule has 2 amide bonds. The van der Waals surface area contributed by atoms with E-state index >= 15 is 0 Å². The molecule has 2 N–H and O–H groups in total. The fourth-order valence-electron chi connectivity index (χ4n) is 5.34. The van der Waals surface area contributed by atoms with Gasteiger partial charge in [-0.3, -0.25) is 19.2 Å². The minimum absolute atomic E-state index is 0.0670. The summed E-state index contributed by atoms with van der Waals surface area (Å²) in [7, 11) is 0. The molecular formula is C38H38I2N2O4. The second-order valence-corrected chi connectivity index (χ2v) is 13.3. The maximum Gasteiger partial charge on any atom is 0.255 e. The number of hydrogen-bond donors (Lipinski definition) is 2. The molecule has 4 aromatic rings. The van der Waals surface area contributed by atoms with E-state index in [1.165, 1.54) is 38.5 Å². The van der Waals surface area contributed by atoms with E-state index in [0.29, 0.717) is 33.6 Å². The number of halogens is 2. The number of carbonyl (C=O) groups is 4. The third-order valence-corrected chi connectivity index (χ3v) is 9.23. The number of anilines is 2. The molecule has 0 aliphatic rings. The number of amides is 2. The molecule has 0 aliphatic heterocycles. The largest absolute Gasteiger partial charge is 0.322 e. The summed E-state index contributed by atoms with van der Waals surface area (Å²) in [6.45, 7) is 2.23. The van der Waals surface area contributed by atoms with E-state index in [1.807, 2.05) is 24.3 Å². The Labute approximate surface area is 298 Å². The van der Waals surface area contributed by atoms with Gasteiger partial charge in [0.25, 0.3) is 11.8 Å². The second kappa shape index (κ2) is 18.1. The fourth-order valence-corrected chi connectivity index (χ4v) is 6.06. The highest BCUT2D eigenvalue weighted by Gasteiger charge is 2.16. The SMILES string of the molecule is CCCCCCCCCC(c1ccc(NC(=O)c2ccc(C(=O)I)cc2)cc1)c1ccc(NC(=O)c2ccc(C(=O)I)cc2)cc1. The van der Waals surface area contributed by atoms with Crippen molar-refractivity contribution in [3.8, 4) is 0 Å². The van der Waals surface area contributed by atoms with Crippen LogP contribution < -0.4 is 10.6 Å². The molecule has 4 aromatic carbocycles. The van der Waals surface area contributed by atoms with E-state index in [0.717, 1.165) is 24.0 Å². The lowest BCUT2D eigenvalue weighted by Crippen LogP contribution is -2.12. The first-order valence-corrected chi connectivity index (χ1v) is 17.8. The quantitative estimate of drug-likeness (QED) is 0.0668. The highest BCUT2D eigenvalue weighted by molar-refractivity contribution is 14.1. The summed E-state index contributed by atoms with van der Waals surface area (Å²) in [4.78, 5) is 48.7. The molecule has 0 aromatic heterocycles. The Balaban J connectivity index is 1.44. The van der Waals surface area contributed by atoms with Gasteiger partial charge in [-0.25, -0.2) is 0 Å². The normalized spacial score (nSPS) is 10.9. The molecule has 0 fully saturated rings. The van der Waals surface area contributed by atoms with Crippen molar-refractivity contribution in [2.24, 2.45) is 0 Å². The zero-order valence-electron chi connectivity index (χ0n) is 25.9. The van der Waals surface area contributed by atoms with Gasteiger partial charge in [0.2, 0.25) is 7.58 Å². The molecule has 46 heavy (non-hydrogen) atoms. The van der Waals surface area contributed by atoms with Crippen molar-refractivity contribution in [1.82, 2.24) is 0 Å². The van der Waals surface area contributed by atoms with Crippen molar-refractivity contribution in [2.75, 3.05) is 10.6 Å². The van der Waals surface area contributed by atoms with Crippen molar-refractivity contribution in [1.29, 1.82) is 0 Å². The molecule has 0 aliphatic carbocycles. The lowest BCUT2D eigenvalue weighted by molar-refractivity contribution is 0.101. The Hall–Kier alpha value is -3.38. The third-order valence-electron chi connectivity index (χ3n) is 7.99. The summed E-state index contributed by atoms with van der Waals surface area (Å²) in [5.41, 5.74) is 5.82. The van der Waals surface area contributed by atoms with Gasteiger partial charge in [0.15, 0.2) is 0 Å². The average molecular weight is 841 g/mol. The molecule has 0 bridgehead atoms. The predicted molar refractivity (Wildman–Crippen MR) is 203 cm³/mol. The van der Waals surface area contributed by atoms with Crippen LogP contribution in [0.5, 0.6) is 0 Å². The van der Waals surface area contributed by atoms with Gasteiger partial charge in [-0.05, 0) is 90.3 Å². The van der Waals surface area contributed by atoms with E-state index in [2.05, 4.69) is 41.8 Å². The van der Waals surface area contributed by atoms with Crippen LogP contribution in [-0.4, -0.2) is 19.4 Å². The standard InChI is InChI=1S/C38H38I2N2O4/c1-2-3-4-5-6-7-8-9-34(26-18-22-32(23-19-26)41-37(45)30-14-10-28(11-15-30)35(39)43)27-20-24-33(25-21-27)42-38(46)31-16-12-29(13-17-31)36(40)44/h10-25,34H,2-9H2,1H3,(H,41,45)(H,42,46). The van der Waals surface area contributed by atoms with Crippen molar-refractivity contribution in [2.45, 2.75) is 64.2 Å². The Kier molecular flexibility index (Phi) is 13.9. The highest BCUT2D eigenvalue weighted by Crippen LogP contribution is 2.32. The molecule has 8 heteroatoms. The number of hydrogen-bond acceptors (Lipinski definition) is 4. The summed E-state index contributed by atoms with van der Waals surface area (Å²) in [6, 6.07) is 29.2. The van der Waals surface area contributed by atoms with E-state index in [9.17, 15) is 19.2 Å². The summed E-state index contributed by atoms with van der Waals surface area (Å²) >= 11 is 3.46. The number of carbonyl (C=O) groups excluding carboxylic acids is 4. The number of benzene rings is 4. The number of nitrogens with one attached hydrogen (secondary N) is 2. The van der Waals surface area contributed by atoms with Crippen LogP contribution in [0.2, 0.25) is 0 Å². The number of rotatable bonds is 16. The summed E-state index contributed by atoms with van der Waals surface area (Å²) in [6.07, 6.45) is 9.63. The van der Waals surface area contributed by atoms with Crippen molar-refractivity contribution in [3.05, 3.63) is 130 Å². The molecule has 6 nitrogen and oxygen atoms in total. The molecule has 4 rings (SSSR count). The van der Waals surface area contributed by atoms with Crippen LogP contribution in [0.25, 0.3) is 0 Å². The van der Waals surface area contributed by atoms with Gasteiger partial charge in [0, 0.05) is 84.7 Å². The van der Waals surface area contributed by atoms with E-state index in [-0.39, 0.29) is 25.3 Å². The Morgan fingerprint density at radius 1 is 0.500 bits per heavy atom. The van der Waals surface area contributed by atoms with Crippen LogP contribution in [0.1, 0.15) is 117 Å². The van der Waals surface area contributed by atoms with Crippen molar-refractivity contribution >= 4 is 76.0 Å². The van der Waals surface area contributed by atoms with Crippen molar-refractivity contribution < 1.29 is 19.2 Å². The van der Waals surface area contributed by atoms with Gasteiger partial charge in [-0.15, -0.1) is 0 Å². The third kappa shape index (κ3) is 10.6. The van der Waals surface area contributed by atoms with Crippen LogP contribution in [0.4, 0.5) is 11.4 Å². The van der Waals surface area contributed by atoms with Gasteiger partial charge >= 0.3 is 0 Å². The van der Waals surface area contributed by atoms with E-state index in [4.69, 9.17) is 0 Å². The molecule has 0 spiro atoms. The summed E-state index contributed by atoms with van der Waals surface area (Å²) in [5.74, 6) is -0.291. The molecule has 238 valence electrons. The predicted octanol–water partition coefficient (Wildman–Crippen LogP) is 10.6. The highest BCUT2D eigenvalue weighted by atomic mass is 127. The molecule has 0 radical (unpaired) electrons. The van der Waals surface area contributed by atoms with E-state index < -0.39 is 0 Å². The first kappa shape index (κ1) is 35.5. The Morgan fingerprint density at radius 3 is 1.22 bits per heavy atom. The van der Waals surface area contributed by atoms with E-state index in [1.54, 1.807) is 93.7 Å². The van der Waals surface area contributed by atoms with Crippen LogP contribution in [-0.2, 0) is 0 Å². The zero-order chi connectivity index (χ0) is 32.9. The topological polar surface area (TPSA) is 92.3 Å². The van der Waals surface area contributed by atoms with Crippen LogP contribution >= 0.6 is 45.2 Å². The number of unbranched alkanes of at least 4 members (excludes halogenated alkanes) is 6. The van der Waals surface area contributed by atoms with Gasteiger partial charge < -0.3 is 10.6 Å². The zero-order valence-corrected chi connectivity index (χ0v) is 30.2. The van der Waals surface area contributed by atoms with Gasteiger partial charge in [-0.2, -0.15) is 0 Å². The minimum atomic E-state index is -0.230. The van der Waals surface area contributed by atoms with Gasteiger partial charge in [-0.1, -0.05) is 76.1 Å². The van der Waals surface area contributed by atoms with Gasteiger partial charge in [0.1, 0.15) is 0 Å². The lowest BCUT2D eigenvalue weighted by atomic mass is 9.86. The monoisotopic (exact) mass is 840 g/mol. The van der Waals surface area contributed by atoms with Crippen molar-refractivity contribution in [3.63, 3.8) is 0 Å². The van der Waals surface area contributed by atoms with Crippen LogP contribution in [0.15, 0.2) is 97.1 Å². The first-order chi connectivity index (χ1) is 22.2. The summed E-state index contributed by atoms with van der Waals surface area (Å²) < 4.78 is -0.134. The molecule has 0 atom stereocenters. The molecule has 0 unspecified atom stereocenters. The first-order valence-electron chi connectivity index (χ1n) is 15.7. The average Bonchev–Trinajstić information content (AvgIpc) is 3.07. The Morgan fingerprint density at radius 2 is 0.848 bits per heavy atom. The van der Waals surface area contributed by atoms with Gasteiger partial charge in [0.05, 0.1) is 0 Å². The lowest BCUT2D eigenvalue weighted by Gasteiger charge is -2.19. The molecule has 0 saturated heterocycles. The summed E-state index contributed by atoms with van der Waals surface area (Å²) in [5, 5.41) is 5.91. The molecule has 0 saturated carbocycles. The molecular weight excluding hydrogens is 802 g/mol. The maximum atomic E-state index is 12.8. The van der Waals surface area contributed by atoms with Crippen LogP contribution in [0, 0.1) is 0 Å². The van der Waals surface area contributed by atoms with Crippen LogP contribution in [0.3, 0.4) is 0 Å². The maximum absolute atomic E-state index is 12.8.